The first-order chi connectivity index (χ1) is 12.2. The van der Waals surface area contributed by atoms with Crippen LogP contribution in [0, 0.1) is 5.92 Å². The fourth-order valence-electron chi connectivity index (χ4n) is 3.55. The van der Waals surface area contributed by atoms with Gasteiger partial charge in [-0.25, -0.2) is 4.98 Å². The minimum absolute atomic E-state index is 0.0405. The average Bonchev–Trinajstić information content (AvgIpc) is 3.11. The lowest BCUT2D eigenvalue weighted by atomic mass is 9.84. The van der Waals surface area contributed by atoms with Gasteiger partial charge >= 0.3 is 0 Å². The SMILES string of the molecule is COc1cccc(Sc2cnc(C(=O)NC3CN4CCC3CC4)s2)c1. The number of carbonyl (C=O) groups is 1. The molecule has 0 radical (unpaired) electrons. The van der Waals surface area contributed by atoms with Crippen molar-refractivity contribution in [1.29, 1.82) is 0 Å². The van der Waals surface area contributed by atoms with E-state index in [-0.39, 0.29) is 11.9 Å². The Kier molecular flexibility index (Phi) is 4.96. The number of methoxy groups -OCH3 is 1. The van der Waals surface area contributed by atoms with E-state index in [1.807, 2.05) is 24.3 Å². The summed E-state index contributed by atoms with van der Waals surface area (Å²) in [4.78, 5) is 20.4. The summed E-state index contributed by atoms with van der Waals surface area (Å²) in [5, 5.41) is 3.74. The van der Waals surface area contributed by atoms with E-state index in [0.717, 1.165) is 21.4 Å². The highest BCUT2D eigenvalue weighted by Gasteiger charge is 2.35. The third kappa shape index (κ3) is 3.83. The molecule has 1 aromatic carbocycles. The number of hydrogen-bond donors (Lipinski definition) is 1. The molecule has 1 aromatic heterocycles. The molecule has 2 aromatic rings. The van der Waals surface area contributed by atoms with Crippen LogP contribution in [0.3, 0.4) is 0 Å². The van der Waals surface area contributed by atoms with Gasteiger partial charge in [0.15, 0.2) is 5.01 Å². The Morgan fingerprint density at radius 3 is 2.96 bits per heavy atom. The standard InChI is InChI=1S/C18H21N3O2S2/c1-23-13-3-2-4-14(9-13)24-16-10-19-18(25-16)17(22)20-15-11-21-7-5-12(15)6-8-21/h2-4,9-10,12,15H,5-8,11H2,1H3,(H,20,22). The van der Waals surface area contributed by atoms with E-state index in [0.29, 0.717) is 10.9 Å². The van der Waals surface area contributed by atoms with Crippen molar-refractivity contribution < 1.29 is 9.53 Å². The minimum atomic E-state index is -0.0405. The molecule has 0 saturated carbocycles. The van der Waals surface area contributed by atoms with Gasteiger partial charge in [-0.05, 0) is 50.0 Å². The van der Waals surface area contributed by atoms with E-state index in [1.165, 1.54) is 37.3 Å². The Labute approximate surface area is 155 Å². The molecular weight excluding hydrogens is 354 g/mol. The Balaban J connectivity index is 1.39. The van der Waals surface area contributed by atoms with Crippen LogP contribution < -0.4 is 10.1 Å². The monoisotopic (exact) mass is 375 g/mol. The van der Waals surface area contributed by atoms with Crippen LogP contribution in [-0.2, 0) is 0 Å². The molecule has 3 aliphatic heterocycles. The number of hydrogen-bond acceptors (Lipinski definition) is 6. The lowest BCUT2D eigenvalue weighted by molar-refractivity contribution is 0.0620. The second-order valence-corrected chi connectivity index (χ2v) is 8.89. The van der Waals surface area contributed by atoms with Crippen molar-refractivity contribution in [3.63, 3.8) is 0 Å². The lowest BCUT2D eigenvalue weighted by Crippen LogP contribution is -2.57. The number of piperidine rings is 3. The van der Waals surface area contributed by atoms with E-state index in [9.17, 15) is 4.79 Å². The van der Waals surface area contributed by atoms with Crippen LogP contribution in [0.2, 0.25) is 0 Å². The van der Waals surface area contributed by atoms with Crippen molar-refractivity contribution in [1.82, 2.24) is 15.2 Å². The number of benzene rings is 1. The first-order valence-corrected chi connectivity index (χ1v) is 10.2. The third-order valence-corrected chi connectivity index (χ3v) is 7.00. The van der Waals surface area contributed by atoms with Gasteiger partial charge in [-0.3, -0.25) is 4.79 Å². The van der Waals surface area contributed by atoms with Crippen LogP contribution in [0.5, 0.6) is 5.75 Å². The largest absolute Gasteiger partial charge is 0.497 e. The first kappa shape index (κ1) is 16.9. The van der Waals surface area contributed by atoms with Crippen molar-refractivity contribution in [2.45, 2.75) is 28.0 Å². The van der Waals surface area contributed by atoms with E-state index < -0.39 is 0 Å². The molecule has 4 heterocycles. The zero-order chi connectivity index (χ0) is 17.2. The van der Waals surface area contributed by atoms with Gasteiger partial charge in [0.2, 0.25) is 0 Å². The highest BCUT2D eigenvalue weighted by molar-refractivity contribution is 8.01. The summed E-state index contributed by atoms with van der Waals surface area (Å²) in [5.41, 5.74) is 0. The Hall–Kier alpha value is -1.57. The Morgan fingerprint density at radius 2 is 2.24 bits per heavy atom. The molecule has 1 amide bonds. The summed E-state index contributed by atoms with van der Waals surface area (Å²) in [5.74, 6) is 1.41. The molecule has 1 atom stereocenters. The van der Waals surface area contributed by atoms with Gasteiger partial charge in [0.05, 0.1) is 17.5 Å². The second kappa shape index (κ2) is 7.35. The van der Waals surface area contributed by atoms with E-state index in [1.54, 1.807) is 25.1 Å². The Bertz CT molecular complexity index is 756. The molecule has 7 heteroatoms. The molecule has 2 bridgehead atoms. The van der Waals surface area contributed by atoms with Gasteiger partial charge in [0, 0.05) is 17.5 Å². The molecule has 1 N–H and O–H groups in total. The van der Waals surface area contributed by atoms with Crippen LogP contribution >= 0.6 is 23.1 Å². The quantitative estimate of drug-likeness (QED) is 0.870. The fourth-order valence-corrected chi connectivity index (χ4v) is 5.46. The molecule has 0 aliphatic carbocycles. The van der Waals surface area contributed by atoms with Crippen LogP contribution in [0.25, 0.3) is 0 Å². The molecule has 3 saturated heterocycles. The molecule has 25 heavy (non-hydrogen) atoms. The number of ether oxygens (including phenoxy) is 1. The van der Waals surface area contributed by atoms with Crippen molar-refractivity contribution in [2.75, 3.05) is 26.7 Å². The van der Waals surface area contributed by atoms with Gasteiger partial charge in [-0.15, -0.1) is 11.3 Å². The van der Waals surface area contributed by atoms with Crippen LogP contribution in [0.15, 0.2) is 39.6 Å². The van der Waals surface area contributed by atoms with Crippen LogP contribution in [-0.4, -0.2) is 48.6 Å². The molecule has 132 valence electrons. The summed E-state index contributed by atoms with van der Waals surface area (Å²) in [7, 11) is 1.66. The molecule has 5 nitrogen and oxygen atoms in total. The minimum Gasteiger partial charge on any atom is -0.497 e. The van der Waals surface area contributed by atoms with E-state index >= 15 is 0 Å². The topological polar surface area (TPSA) is 54.5 Å². The summed E-state index contributed by atoms with van der Waals surface area (Å²) in [6.07, 6.45) is 4.17. The zero-order valence-corrected chi connectivity index (χ0v) is 15.7. The summed E-state index contributed by atoms with van der Waals surface area (Å²) in [6, 6.07) is 8.16. The molecule has 0 spiro atoms. The molecule has 5 rings (SSSR count). The fraction of sp³-hybridized carbons (Fsp3) is 0.444. The Morgan fingerprint density at radius 1 is 1.40 bits per heavy atom. The average molecular weight is 376 g/mol. The molecular formula is C18H21N3O2S2. The van der Waals surface area contributed by atoms with E-state index in [2.05, 4.69) is 15.2 Å². The normalized spacial score (nSPS) is 24.9. The number of nitrogens with one attached hydrogen (secondary N) is 1. The van der Waals surface area contributed by atoms with Crippen LogP contribution in [0.1, 0.15) is 22.6 Å². The zero-order valence-electron chi connectivity index (χ0n) is 14.1. The van der Waals surface area contributed by atoms with Crippen LogP contribution in [0.4, 0.5) is 0 Å². The lowest BCUT2D eigenvalue weighted by Gasteiger charge is -2.44. The van der Waals surface area contributed by atoms with Gasteiger partial charge in [-0.2, -0.15) is 0 Å². The van der Waals surface area contributed by atoms with Crippen molar-refractivity contribution in [3.8, 4) is 5.75 Å². The number of nitrogens with zero attached hydrogens (tertiary/aromatic N) is 2. The molecule has 3 fully saturated rings. The molecule has 3 aliphatic rings. The van der Waals surface area contributed by atoms with Gasteiger partial charge in [0.1, 0.15) is 5.75 Å². The number of thiazole rings is 1. The number of aromatic nitrogens is 1. The summed E-state index contributed by atoms with van der Waals surface area (Å²) in [6.45, 7) is 3.33. The smallest absolute Gasteiger partial charge is 0.280 e. The van der Waals surface area contributed by atoms with Crippen molar-refractivity contribution in [2.24, 2.45) is 5.92 Å². The predicted octanol–water partition coefficient (Wildman–Crippen LogP) is 3.13. The van der Waals surface area contributed by atoms with Crippen molar-refractivity contribution >= 4 is 29.0 Å². The third-order valence-electron chi connectivity index (χ3n) is 4.91. The maximum atomic E-state index is 12.5. The van der Waals surface area contributed by atoms with Gasteiger partial charge in [-0.1, -0.05) is 17.8 Å². The second-order valence-electron chi connectivity index (χ2n) is 6.48. The van der Waals surface area contributed by atoms with Crippen molar-refractivity contribution in [3.05, 3.63) is 35.5 Å². The first-order valence-electron chi connectivity index (χ1n) is 8.52. The van der Waals surface area contributed by atoms with Gasteiger partial charge in [0.25, 0.3) is 5.91 Å². The summed E-state index contributed by atoms with van der Waals surface area (Å²) >= 11 is 3.04. The number of carbonyl (C=O) groups excluding carboxylic acids is 1. The maximum absolute atomic E-state index is 12.5. The number of amides is 1. The highest BCUT2D eigenvalue weighted by atomic mass is 32.2. The predicted molar refractivity (Wildman–Crippen MR) is 99.6 cm³/mol. The summed E-state index contributed by atoms with van der Waals surface area (Å²) < 4.78 is 6.26. The molecule has 1 unspecified atom stereocenters. The highest BCUT2D eigenvalue weighted by Crippen LogP contribution is 2.34. The van der Waals surface area contributed by atoms with E-state index in [4.69, 9.17) is 4.74 Å². The number of fused-ring (bicyclic) bond motifs is 3. The maximum Gasteiger partial charge on any atom is 0.280 e. The number of rotatable bonds is 5. The van der Waals surface area contributed by atoms with Gasteiger partial charge < -0.3 is 15.0 Å².